The molecule has 6 heteroatoms. The lowest BCUT2D eigenvalue weighted by atomic mass is 10.3. The van der Waals surface area contributed by atoms with E-state index < -0.39 is 10.0 Å². The number of sulfonamides is 1. The summed E-state index contributed by atoms with van der Waals surface area (Å²) in [6.07, 6.45) is 0. The second kappa shape index (κ2) is 3.23. The van der Waals surface area contributed by atoms with Crippen LogP contribution in [0.5, 0.6) is 11.5 Å². The molecule has 1 aromatic carbocycles. The van der Waals surface area contributed by atoms with Crippen LogP contribution in [-0.4, -0.2) is 25.7 Å². The minimum absolute atomic E-state index is 0.174. The Morgan fingerprint density at radius 2 is 1.62 bits per heavy atom. The van der Waals surface area contributed by atoms with Crippen molar-refractivity contribution in [3.8, 4) is 11.5 Å². The Hall–Kier alpha value is -1.27. The van der Waals surface area contributed by atoms with Gasteiger partial charge in [-0.3, -0.25) is 0 Å². The van der Waals surface area contributed by atoms with Crippen LogP contribution < -0.4 is 4.72 Å². The number of aromatic hydroxyl groups is 2. The van der Waals surface area contributed by atoms with Gasteiger partial charge in [0, 0.05) is 18.2 Å². The molecule has 0 saturated carbocycles. The van der Waals surface area contributed by atoms with Crippen LogP contribution in [0.25, 0.3) is 0 Å². The van der Waals surface area contributed by atoms with Crippen LogP contribution in [0, 0.1) is 0 Å². The van der Waals surface area contributed by atoms with Crippen molar-refractivity contribution in [3.63, 3.8) is 0 Å². The first-order chi connectivity index (χ1) is 5.95. The molecule has 0 aliphatic heterocycles. The van der Waals surface area contributed by atoms with Crippen LogP contribution in [-0.2, 0) is 10.0 Å². The van der Waals surface area contributed by atoms with Gasteiger partial charge in [-0.2, -0.15) is 0 Å². The van der Waals surface area contributed by atoms with Gasteiger partial charge in [0.1, 0.15) is 11.5 Å². The fraction of sp³-hybridized carbons (Fsp3) is 0.143. The molecule has 0 bridgehead atoms. The highest BCUT2D eigenvalue weighted by atomic mass is 32.2. The Labute approximate surface area is 75.7 Å². The summed E-state index contributed by atoms with van der Waals surface area (Å²) in [5.74, 6) is -0.595. The minimum atomic E-state index is -3.61. The molecule has 0 radical (unpaired) electrons. The Balaban J connectivity index is 3.32. The second-order valence-corrected chi connectivity index (χ2v) is 4.28. The van der Waals surface area contributed by atoms with Gasteiger partial charge in [0.25, 0.3) is 0 Å². The van der Waals surface area contributed by atoms with Gasteiger partial charge in [0.05, 0.1) is 4.90 Å². The van der Waals surface area contributed by atoms with Crippen LogP contribution in [0.1, 0.15) is 0 Å². The van der Waals surface area contributed by atoms with E-state index in [9.17, 15) is 8.42 Å². The lowest BCUT2D eigenvalue weighted by Gasteiger charge is -2.03. The summed E-state index contributed by atoms with van der Waals surface area (Å²) < 4.78 is 24.4. The molecule has 0 saturated heterocycles. The molecule has 0 atom stereocenters. The maximum Gasteiger partial charge on any atom is 0.240 e. The average molecular weight is 203 g/mol. The van der Waals surface area contributed by atoms with E-state index in [1.54, 1.807) is 0 Å². The van der Waals surface area contributed by atoms with Gasteiger partial charge >= 0.3 is 0 Å². The fourth-order valence-corrected chi connectivity index (χ4v) is 1.63. The van der Waals surface area contributed by atoms with Crippen LogP contribution in [0.4, 0.5) is 0 Å². The van der Waals surface area contributed by atoms with Crippen molar-refractivity contribution in [1.29, 1.82) is 0 Å². The van der Waals surface area contributed by atoms with E-state index in [-0.39, 0.29) is 16.4 Å². The molecule has 0 aliphatic carbocycles. The number of phenols is 2. The summed E-state index contributed by atoms with van der Waals surface area (Å²) in [5.41, 5.74) is 0. The zero-order chi connectivity index (χ0) is 10.1. The Kier molecular flexibility index (Phi) is 2.44. The molecule has 1 aromatic rings. The molecule has 72 valence electrons. The molecule has 13 heavy (non-hydrogen) atoms. The lowest BCUT2D eigenvalue weighted by Crippen LogP contribution is -2.18. The third kappa shape index (κ3) is 2.10. The third-order valence-corrected chi connectivity index (χ3v) is 2.85. The van der Waals surface area contributed by atoms with Crippen LogP contribution >= 0.6 is 0 Å². The molecular formula is C7H9NO4S. The maximum absolute atomic E-state index is 11.2. The summed E-state index contributed by atoms with van der Waals surface area (Å²) >= 11 is 0. The van der Waals surface area contributed by atoms with Crippen LogP contribution in [0.2, 0.25) is 0 Å². The van der Waals surface area contributed by atoms with Crippen molar-refractivity contribution < 1.29 is 18.6 Å². The molecule has 0 aliphatic rings. The molecule has 0 heterocycles. The van der Waals surface area contributed by atoms with Crippen molar-refractivity contribution in [2.75, 3.05) is 7.05 Å². The van der Waals surface area contributed by atoms with Gasteiger partial charge in [0.2, 0.25) is 10.0 Å². The van der Waals surface area contributed by atoms with Crippen molar-refractivity contribution in [2.24, 2.45) is 0 Å². The summed E-state index contributed by atoms with van der Waals surface area (Å²) in [7, 11) is -2.37. The first-order valence-corrected chi connectivity index (χ1v) is 4.90. The average Bonchev–Trinajstić information content (AvgIpc) is 2.02. The predicted octanol–water partition coefficient (Wildman–Crippen LogP) is 0.00590. The molecule has 0 aromatic heterocycles. The predicted molar refractivity (Wildman–Crippen MR) is 46.0 cm³/mol. The number of benzene rings is 1. The van der Waals surface area contributed by atoms with E-state index in [4.69, 9.17) is 10.2 Å². The number of hydrogen-bond acceptors (Lipinski definition) is 4. The third-order valence-electron chi connectivity index (χ3n) is 1.46. The highest BCUT2D eigenvalue weighted by Gasteiger charge is 2.12. The standard InChI is InChI=1S/C7H9NO4S/c1-8-13(11,12)7-3-5(9)2-6(10)4-7/h2-4,8-10H,1H3. The molecule has 0 unspecified atom stereocenters. The number of nitrogens with one attached hydrogen (secondary N) is 1. The molecule has 0 fully saturated rings. The SMILES string of the molecule is CNS(=O)(=O)c1cc(O)cc(O)c1. The largest absolute Gasteiger partial charge is 0.508 e. The van der Waals surface area contributed by atoms with E-state index in [1.165, 1.54) is 7.05 Å². The normalized spacial score (nSPS) is 11.5. The first kappa shape index (κ1) is 9.82. The fourth-order valence-electron chi connectivity index (χ4n) is 0.841. The van der Waals surface area contributed by atoms with Crippen molar-refractivity contribution >= 4 is 10.0 Å². The van der Waals surface area contributed by atoms with Gasteiger partial charge in [-0.05, 0) is 7.05 Å². The monoisotopic (exact) mass is 203 g/mol. The Morgan fingerprint density at radius 1 is 1.15 bits per heavy atom. The zero-order valence-corrected chi connectivity index (χ0v) is 7.67. The van der Waals surface area contributed by atoms with Crippen LogP contribution in [0.3, 0.4) is 0 Å². The van der Waals surface area contributed by atoms with E-state index >= 15 is 0 Å². The molecule has 1 rings (SSSR count). The van der Waals surface area contributed by atoms with E-state index in [1.807, 2.05) is 0 Å². The quantitative estimate of drug-likeness (QED) is 0.631. The van der Waals surface area contributed by atoms with Gasteiger partial charge in [-0.25, -0.2) is 13.1 Å². The molecule has 0 spiro atoms. The first-order valence-electron chi connectivity index (χ1n) is 3.42. The Morgan fingerprint density at radius 3 is 2.00 bits per heavy atom. The highest BCUT2D eigenvalue weighted by molar-refractivity contribution is 7.89. The smallest absolute Gasteiger partial charge is 0.240 e. The number of hydrogen-bond donors (Lipinski definition) is 3. The van der Waals surface area contributed by atoms with Gasteiger partial charge in [-0.1, -0.05) is 0 Å². The summed E-state index contributed by atoms with van der Waals surface area (Å²) in [4.78, 5) is -0.174. The minimum Gasteiger partial charge on any atom is -0.508 e. The van der Waals surface area contributed by atoms with Gasteiger partial charge < -0.3 is 10.2 Å². The van der Waals surface area contributed by atoms with Gasteiger partial charge in [-0.15, -0.1) is 0 Å². The number of phenolic OH excluding ortho intramolecular Hbond substituents is 2. The summed E-state index contributed by atoms with van der Waals surface area (Å²) in [5, 5.41) is 18.0. The summed E-state index contributed by atoms with van der Waals surface area (Å²) in [6, 6.07) is 3.14. The zero-order valence-electron chi connectivity index (χ0n) is 6.85. The topological polar surface area (TPSA) is 86.6 Å². The van der Waals surface area contributed by atoms with Crippen molar-refractivity contribution in [3.05, 3.63) is 18.2 Å². The lowest BCUT2D eigenvalue weighted by molar-refractivity contribution is 0.447. The molecular weight excluding hydrogens is 194 g/mol. The summed E-state index contributed by atoms with van der Waals surface area (Å²) in [6.45, 7) is 0. The van der Waals surface area contributed by atoms with Gasteiger partial charge in [0.15, 0.2) is 0 Å². The van der Waals surface area contributed by atoms with E-state index in [0.29, 0.717) is 0 Å². The van der Waals surface area contributed by atoms with E-state index in [2.05, 4.69) is 4.72 Å². The maximum atomic E-state index is 11.2. The second-order valence-electron chi connectivity index (χ2n) is 2.39. The highest BCUT2D eigenvalue weighted by Crippen LogP contribution is 2.23. The van der Waals surface area contributed by atoms with Crippen molar-refractivity contribution in [2.45, 2.75) is 4.90 Å². The molecule has 3 N–H and O–H groups in total. The number of rotatable bonds is 2. The Bertz CT molecular complexity index is 392. The molecule has 0 amide bonds. The van der Waals surface area contributed by atoms with Crippen molar-refractivity contribution in [1.82, 2.24) is 4.72 Å². The van der Waals surface area contributed by atoms with Crippen LogP contribution in [0.15, 0.2) is 23.1 Å². The molecule has 5 nitrogen and oxygen atoms in total. The van der Waals surface area contributed by atoms with E-state index in [0.717, 1.165) is 18.2 Å².